The van der Waals surface area contributed by atoms with Gasteiger partial charge in [-0.25, -0.2) is 0 Å². The van der Waals surface area contributed by atoms with Gasteiger partial charge in [0.05, 0.1) is 14.2 Å². The Morgan fingerprint density at radius 3 is 2.33 bits per heavy atom. The molecular weight excluding hydrogens is 344 g/mol. The van der Waals surface area contributed by atoms with Crippen LogP contribution in [0.5, 0.6) is 11.5 Å². The molecule has 1 N–H and O–H groups in total. The van der Waals surface area contributed by atoms with Gasteiger partial charge in [-0.2, -0.15) is 0 Å². The second-order valence-corrected chi connectivity index (χ2v) is 6.05. The van der Waals surface area contributed by atoms with Crippen molar-refractivity contribution in [1.82, 2.24) is 5.32 Å². The second kappa shape index (κ2) is 10.2. The highest BCUT2D eigenvalue weighted by Gasteiger charge is 2.11. The van der Waals surface area contributed by atoms with E-state index in [1.165, 1.54) is 6.92 Å². The number of hydrogen-bond donors (Lipinski definition) is 1. The van der Waals surface area contributed by atoms with Crippen LogP contribution in [0.2, 0.25) is 0 Å². The fraction of sp³-hybridized carbons (Fsp3) is 0.333. The lowest BCUT2D eigenvalue weighted by Gasteiger charge is -2.21. The Kier molecular flexibility index (Phi) is 7.67. The van der Waals surface area contributed by atoms with E-state index in [2.05, 4.69) is 5.32 Å². The van der Waals surface area contributed by atoms with E-state index >= 15 is 0 Å². The van der Waals surface area contributed by atoms with Crippen LogP contribution in [0.1, 0.15) is 18.9 Å². The number of anilines is 1. The fourth-order valence-corrected chi connectivity index (χ4v) is 2.77. The van der Waals surface area contributed by atoms with Crippen LogP contribution in [0.3, 0.4) is 0 Å². The highest BCUT2D eigenvalue weighted by Crippen LogP contribution is 2.27. The summed E-state index contributed by atoms with van der Waals surface area (Å²) in [6.07, 6.45) is 0.961. The van der Waals surface area contributed by atoms with Gasteiger partial charge in [0.1, 0.15) is 0 Å². The molecule has 27 heavy (non-hydrogen) atoms. The first kappa shape index (κ1) is 20.3. The number of amides is 2. The number of carbonyl (C=O) groups is 2. The van der Waals surface area contributed by atoms with E-state index in [1.807, 2.05) is 48.5 Å². The molecule has 0 aromatic heterocycles. The third-order valence-corrected chi connectivity index (χ3v) is 4.19. The summed E-state index contributed by atoms with van der Waals surface area (Å²) in [7, 11) is 3.17. The molecule has 0 aliphatic carbocycles. The lowest BCUT2D eigenvalue weighted by atomic mass is 10.1. The number of methoxy groups -OCH3 is 2. The Balaban J connectivity index is 1.81. The van der Waals surface area contributed by atoms with Gasteiger partial charge in [-0.05, 0) is 36.2 Å². The summed E-state index contributed by atoms with van der Waals surface area (Å²) < 4.78 is 10.5. The number of hydrogen-bond acceptors (Lipinski definition) is 4. The summed E-state index contributed by atoms with van der Waals surface area (Å²) in [5.74, 6) is 1.20. The zero-order valence-electron chi connectivity index (χ0n) is 16.0. The van der Waals surface area contributed by atoms with E-state index in [0.29, 0.717) is 37.4 Å². The molecule has 6 nitrogen and oxygen atoms in total. The van der Waals surface area contributed by atoms with Gasteiger partial charge >= 0.3 is 0 Å². The first-order valence-electron chi connectivity index (χ1n) is 8.86. The quantitative estimate of drug-likeness (QED) is 0.737. The third kappa shape index (κ3) is 6.02. The van der Waals surface area contributed by atoms with Gasteiger partial charge < -0.3 is 19.7 Å². The van der Waals surface area contributed by atoms with Crippen LogP contribution in [-0.2, 0) is 16.0 Å². The normalized spacial score (nSPS) is 10.2. The molecule has 2 amide bonds. The monoisotopic (exact) mass is 370 g/mol. The van der Waals surface area contributed by atoms with E-state index in [-0.39, 0.29) is 11.8 Å². The first-order chi connectivity index (χ1) is 13.0. The van der Waals surface area contributed by atoms with Gasteiger partial charge in [-0.1, -0.05) is 24.3 Å². The van der Waals surface area contributed by atoms with Gasteiger partial charge in [-0.15, -0.1) is 0 Å². The van der Waals surface area contributed by atoms with E-state index in [0.717, 1.165) is 11.3 Å². The third-order valence-electron chi connectivity index (χ3n) is 4.19. The van der Waals surface area contributed by atoms with Crippen molar-refractivity contribution in [3.8, 4) is 11.5 Å². The number of rotatable bonds is 9. The zero-order chi connectivity index (χ0) is 19.6. The molecule has 144 valence electrons. The number of para-hydroxylation sites is 1. The van der Waals surface area contributed by atoms with Crippen LogP contribution in [0, 0.1) is 0 Å². The van der Waals surface area contributed by atoms with Crippen LogP contribution in [0.15, 0.2) is 48.5 Å². The molecule has 0 radical (unpaired) electrons. The topological polar surface area (TPSA) is 67.9 Å². The smallest absolute Gasteiger partial charge is 0.223 e. The largest absolute Gasteiger partial charge is 0.493 e. The lowest BCUT2D eigenvalue weighted by molar-refractivity contribution is -0.121. The minimum atomic E-state index is -0.0548. The van der Waals surface area contributed by atoms with Crippen molar-refractivity contribution in [1.29, 1.82) is 0 Å². The molecule has 0 aliphatic heterocycles. The predicted octanol–water partition coefficient (Wildman–Crippen LogP) is 2.81. The number of nitrogens with zero attached hydrogens (tertiary/aromatic N) is 1. The standard InChI is InChI=1S/C21H26N2O4/c1-16(24)23(18-7-5-4-6-8-18)14-13-22-21(25)12-10-17-9-11-19(26-2)20(15-17)27-3/h4-9,11,15H,10,12-14H2,1-3H3,(H,22,25). The van der Waals surface area contributed by atoms with Crippen molar-refractivity contribution >= 4 is 17.5 Å². The molecule has 0 spiro atoms. The summed E-state index contributed by atoms with van der Waals surface area (Å²) in [5.41, 5.74) is 1.82. The maximum atomic E-state index is 12.1. The van der Waals surface area contributed by atoms with Crippen LogP contribution in [0.25, 0.3) is 0 Å². The maximum Gasteiger partial charge on any atom is 0.223 e. The van der Waals surface area contributed by atoms with Crippen LogP contribution >= 0.6 is 0 Å². The van der Waals surface area contributed by atoms with Crippen molar-refractivity contribution < 1.29 is 19.1 Å². The summed E-state index contributed by atoms with van der Waals surface area (Å²) in [6, 6.07) is 15.0. The summed E-state index contributed by atoms with van der Waals surface area (Å²) >= 11 is 0. The molecule has 2 aromatic rings. The highest BCUT2D eigenvalue weighted by molar-refractivity contribution is 5.91. The molecule has 2 aromatic carbocycles. The molecule has 2 rings (SSSR count). The number of nitrogens with one attached hydrogen (secondary N) is 1. The van der Waals surface area contributed by atoms with E-state index in [1.54, 1.807) is 19.1 Å². The molecule has 6 heteroatoms. The molecule has 0 atom stereocenters. The molecule has 0 bridgehead atoms. The molecule has 0 saturated heterocycles. The summed E-state index contributed by atoms with van der Waals surface area (Å²) in [6.45, 7) is 2.35. The molecule has 0 fully saturated rings. The number of benzene rings is 2. The molecule has 0 aliphatic rings. The van der Waals surface area contributed by atoms with Gasteiger partial charge in [0.2, 0.25) is 11.8 Å². The lowest BCUT2D eigenvalue weighted by Crippen LogP contribution is -2.37. The molecular formula is C21H26N2O4. The Morgan fingerprint density at radius 2 is 1.70 bits per heavy atom. The zero-order valence-corrected chi connectivity index (χ0v) is 16.0. The minimum Gasteiger partial charge on any atom is -0.493 e. The van der Waals surface area contributed by atoms with Crippen molar-refractivity contribution in [2.24, 2.45) is 0 Å². The predicted molar refractivity (Wildman–Crippen MR) is 105 cm³/mol. The van der Waals surface area contributed by atoms with E-state index in [4.69, 9.17) is 9.47 Å². The number of carbonyl (C=O) groups excluding carboxylic acids is 2. The van der Waals surface area contributed by atoms with Gasteiger partial charge in [0.15, 0.2) is 11.5 Å². The Morgan fingerprint density at radius 1 is 1.00 bits per heavy atom. The molecule has 0 saturated carbocycles. The van der Waals surface area contributed by atoms with Crippen LogP contribution < -0.4 is 19.7 Å². The van der Waals surface area contributed by atoms with Crippen molar-refractivity contribution in [3.63, 3.8) is 0 Å². The van der Waals surface area contributed by atoms with Crippen molar-refractivity contribution in [2.45, 2.75) is 19.8 Å². The first-order valence-corrected chi connectivity index (χ1v) is 8.86. The maximum absolute atomic E-state index is 12.1. The van der Waals surface area contributed by atoms with Gasteiger partial charge in [0, 0.05) is 32.1 Å². The van der Waals surface area contributed by atoms with Crippen LogP contribution in [0.4, 0.5) is 5.69 Å². The second-order valence-electron chi connectivity index (χ2n) is 6.05. The van der Waals surface area contributed by atoms with Crippen molar-refractivity contribution in [2.75, 3.05) is 32.2 Å². The van der Waals surface area contributed by atoms with E-state index < -0.39 is 0 Å². The van der Waals surface area contributed by atoms with Crippen LogP contribution in [-0.4, -0.2) is 39.1 Å². The van der Waals surface area contributed by atoms with E-state index in [9.17, 15) is 9.59 Å². The Hall–Kier alpha value is -3.02. The minimum absolute atomic E-state index is 0.0543. The number of aryl methyl sites for hydroxylation is 1. The summed E-state index contributed by atoms with van der Waals surface area (Å²) in [5, 5.41) is 2.87. The highest BCUT2D eigenvalue weighted by atomic mass is 16.5. The average molecular weight is 370 g/mol. The van der Waals surface area contributed by atoms with Gasteiger partial charge in [0.25, 0.3) is 0 Å². The average Bonchev–Trinajstić information content (AvgIpc) is 2.69. The summed E-state index contributed by atoms with van der Waals surface area (Å²) in [4.78, 5) is 25.6. The Bertz CT molecular complexity index is 762. The number of ether oxygens (including phenoxy) is 2. The SMILES string of the molecule is COc1ccc(CCC(=O)NCCN(C(C)=O)c2ccccc2)cc1OC. The van der Waals surface area contributed by atoms with Gasteiger partial charge in [-0.3, -0.25) is 9.59 Å². The Labute approximate surface area is 160 Å². The fourth-order valence-electron chi connectivity index (χ4n) is 2.77. The van der Waals surface area contributed by atoms with Crippen molar-refractivity contribution in [3.05, 3.63) is 54.1 Å². The molecule has 0 unspecified atom stereocenters. The molecule has 0 heterocycles.